The number of benzene rings is 1. The van der Waals surface area contributed by atoms with E-state index in [0.717, 1.165) is 12.5 Å². The molecule has 0 aliphatic carbocycles. The Bertz CT molecular complexity index is 468. The van der Waals surface area contributed by atoms with Gasteiger partial charge in [0.15, 0.2) is 5.82 Å². The number of aryl methyl sites for hydroxylation is 1. The summed E-state index contributed by atoms with van der Waals surface area (Å²) >= 11 is 0. The van der Waals surface area contributed by atoms with Crippen LogP contribution in [-0.2, 0) is 5.92 Å². The van der Waals surface area contributed by atoms with Gasteiger partial charge in [-0.05, 0) is 18.6 Å². The van der Waals surface area contributed by atoms with Crippen LogP contribution in [0.5, 0.6) is 0 Å². The molecule has 2 nitrogen and oxygen atoms in total. The first-order valence-corrected chi connectivity index (χ1v) is 4.32. The fraction of sp³-hybridized carbons (Fsp3) is 0.300. The van der Waals surface area contributed by atoms with E-state index in [1.54, 1.807) is 6.07 Å². The molecule has 0 unspecified atom stereocenters. The molecule has 14 heavy (non-hydrogen) atoms. The molecule has 1 heterocycles. The Balaban J connectivity index is 2.69. The topological polar surface area (TPSA) is 28.7 Å². The van der Waals surface area contributed by atoms with E-state index in [9.17, 15) is 8.78 Å². The van der Waals surface area contributed by atoms with Gasteiger partial charge in [-0.15, -0.1) is 0 Å². The number of para-hydroxylation sites is 1. The van der Waals surface area contributed by atoms with E-state index in [4.69, 9.17) is 0 Å². The van der Waals surface area contributed by atoms with Crippen LogP contribution in [0.3, 0.4) is 0 Å². The van der Waals surface area contributed by atoms with Crippen LogP contribution < -0.4 is 0 Å². The summed E-state index contributed by atoms with van der Waals surface area (Å²) in [6.07, 6.45) is 0. The van der Waals surface area contributed by atoms with Gasteiger partial charge in [-0.3, -0.25) is 0 Å². The van der Waals surface area contributed by atoms with Crippen molar-refractivity contribution in [2.24, 2.45) is 0 Å². The molecule has 0 bridgehead atoms. The highest BCUT2D eigenvalue weighted by atomic mass is 19.3. The summed E-state index contributed by atoms with van der Waals surface area (Å²) in [5.74, 6) is -3.19. The number of halogens is 2. The number of alkyl halides is 2. The van der Waals surface area contributed by atoms with Gasteiger partial charge in [-0.1, -0.05) is 12.1 Å². The maximum Gasteiger partial charge on any atom is 0.301 e. The normalized spacial score (nSPS) is 12.3. The van der Waals surface area contributed by atoms with Crippen LogP contribution in [0.1, 0.15) is 18.3 Å². The van der Waals surface area contributed by atoms with Gasteiger partial charge in [0.25, 0.3) is 0 Å². The average molecular weight is 196 g/mol. The third kappa shape index (κ3) is 1.36. The first-order chi connectivity index (χ1) is 6.48. The molecule has 0 saturated heterocycles. The zero-order chi connectivity index (χ0) is 10.3. The quantitative estimate of drug-likeness (QED) is 0.746. The van der Waals surface area contributed by atoms with Crippen LogP contribution in [0.15, 0.2) is 18.2 Å². The van der Waals surface area contributed by atoms with Crippen molar-refractivity contribution in [1.29, 1.82) is 0 Å². The Morgan fingerprint density at radius 1 is 1.36 bits per heavy atom. The molecule has 1 aromatic carbocycles. The summed E-state index contributed by atoms with van der Waals surface area (Å²) in [5, 5.41) is 0. The second-order valence-corrected chi connectivity index (χ2v) is 3.44. The maximum atomic E-state index is 12.9. The molecule has 1 aromatic heterocycles. The number of aromatic nitrogens is 2. The van der Waals surface area contributed by atoms with Gasteiger partial charge in [-0.2, -0.15) is 8.78 Å². The minimum absolute atomic E-state index is 0.276. The van der Waals surface area contributed by atoms with Crippen molar-refractivity contribution in [1.82, 2.24) is 9.97 Å². The van der Waals surface area contributed by atoms with Gasteiger partial charge in [0.1, 0.15) is 0 Å². The highest BCUT2D eigenvalue weighted by Gasteiger charge is 2.28. The van der Waals surface area contributed by atoms with E-state index >= 15 is 0 Å². The number of aromatic amines is 1. The minimum Gasteiger partial charge on any atom is -0.337 e. The highest BCUT2D eigenvalue weighted by molar-refractivity contribution is 5.78. The SMILES string of the molecule is Cc1cccc2[nH]c(C(C)(F)F)nc12. The van der Waals surface area contributed by atoms with E-state index in [0.29, 0.717) is 11.0 Å². The van der Waals surface area contributed by atoms with Gasteiger partial charge in [0.05, 0.1) is 11.0 Å². The van der Waals surface area contributed by atoms with Crippen LogP contribution in [0.4, 0.5) is 8.78 Å². The number of rotatable bonds is 1. The second kappa shape index (κ2) is 2.77. The Labute approximate surface area is 80.0 Å². The second-order valence-electron chi connectivity index (χ2n) is 3.44. The highest BCUT2D eigenvalue weighted by Crippen LogP contribution is 2.27. The van der Waals surface area contributed by atoms with Crippen LogP contribution in [0.2, 0.25) is 0 Å². The Hall–Kier alpha value is -1.45. The van der Waals surface area contributed by atoms with Crippen molar-refractivity contribution in [3.8, 4) is 0 Å². The summed E-state index contributed by atoms with van der Waals surface area (Å²) in [7, 11) is 0. The van der Waals surface area contributed by atoms with E-state index in [1.807, 2.05) is 19.1 Å². The summed E-state index contributed by atoms with van der Waals surface area (Å²) in [5.41, 5.74) is 2.17. The molecular weight excluding hydrogens is 186 g/mol. The Morgan fingerprint density at radius 2 is 2.07 bits per heavy atom. The third-order valence-electron chi connectivity index (χ3n) is 2.13. The average Bonchev–Trinajstić information content (AvgIpc) is 2.48. The van der Waals surface area contributed by atoms with Crippen molar-refractivity contribution >= 4 is 11.0 Å². The molecule has 0 radical (unpaired) electrons. The maximum absolute atomic E-state index is 12.9. The van der Waals surface area contributed by atoms with Crippen molar-refractivity contribution in [3.63, 3.8) is 0 Å². The van der Waals surface area contributed by atoms with Crippen LogP contribution in [0, 0.1) is 6.92 Å². The molecule has 0 atom stereocenters. The van der Waals surface area contributed by atoms with Crippen molar-refractivity contribution in [3.05, 3.63) is 29.6 Å². The number of fused-ring (bicyclic) bond motifs is 1. The van der Waals surface area contributed by atoms with E-state index in [1.165, 1.54) is 0 Å². The summed E-state index contributed by atoms with van der Waals surface area (Å²) in [4.78, 5) is 6.49. The largest absolute Gasteiger partial charge is 0.337 e. The molecule has 2 aromatic rings. The third-order valence-corrected chi connectivity index (χ3v) is 2.13. The lowest BCUT2D eigenvalue weighted by atomic mass is 10.2. The first kappa shape index (κ1) is 9.12. The van der Waals surface area contributed by atoms with E-state index < -0.39 is 5.92 Å². The molecule has 0 saturated carbocycles. The molecule has 0 fully saturated rings. The summed E-state index contributed by atoms with van der Waals surface area (Å²) in [6.45, 7) is 2.68. The van der Waals surface area contributed by atoms with E-state index in [2.05, 4.69) is 9.97 Å². The minimum atomic E-state index is -2.91. The zero-order valence-electron chi connectivity index (χ0n) is 7.94. The number of hydrogen-bond acceptors (Lipinski definition) is 1. The number of nitrogens with zero attached hydrogens (tertiary/aromatic N) is 1. The van der Waals surface area contributed by atoms with Gasteiger partial charge in [-0.25, -0.2) is 4.98 Å². The number of imidazole rings is 1. The number of H-pyrrole nitrogens is 1. The van der Waals surface area contributed by atoms with E-state index in [-0.39, 0.29) is 5.82 Å². The Kier molecular flexibility index (Phi) is 1.80. The lowest BCUT2D eigenvalue weighted by Crippen LogP contribution is -2.08. The van der Waals surface area contributed by atoms with Crippen LogP contribution >= 0.6 is 0 Å². The van der Waals surface area contributed by atoms with Gasteiger partial charge < -0.3 is 4.98 Å². The van der Waals surface area contributed by atoms with Crippen molar-refractivity contribution < 1.29 is 8.78 Å². The van der Waals surface area contributed by atoms with Gasteiger partial charge >= 0.3 is 5.92 Å². The van der Waals surface area contributed by atoms with Crippen LogP contribution in [-0.4, -0.2) is 9.97 Å². The molecule has 0 aliphatic rings. The Morgan fingerprint density at radius 3 is 2.64 bits per heavy atom. The molecule has 4 heteroatoms. The first-order valence-electron chi connectivity index (χ1n) is 4.32. The fourth-order valence-corrected chi connectivity index (χ4v) is 1.38. The van der Waals surface area contributed by atoms with Crippen LogP contribution in [0.25, 0.3) is 11.0 Å². The lowest BCUT2D eigenvalue weighted by molar-refractivity contribution is 0.00890. The molecule has 0 spiro atoms. The van der Waals surface area contributed by atoms with Crippen molar-refractivity contribution in [2.75, 3.05) is 0 Å². The molecular formula is C10H10F2N2. The molecule has 0 amide bonds. The smallest absolute Gasteiger partial charge is 0.301 e. The lowest BCUT2D eigenvalue weighted by Gasteiger charge is -2.04. The molecule has 2 rings (SSSR count). The zero-order valence-corrected chi connectivity index (χ0v) is 7.94. The standard InChI is InChI=1S/C10H10F2N2/c1-6-4-3-5-7-8(6)14-9(13-7)10(2,11)12/h3-5H,1-2H3,(H,13,14). The summed E-state index contributed by atoms with van der Waals surface area (Å²) in [6, 6.07) is 5.40. The van der Waals surface area contributed by atoms with Gasteiger partial charge in [0.2, 0.25) is 0 Å². The fourth-order valence-electron chi connectivity index (χ4n) is 1.38. The molecule has 0 aliphatic heterocycles. The predicted octanol–water partition coefficient (Wildman–Crippen LogP) is 2.98. The molecule has 74 valence electrons. The molecule has 1 N–H and O–H groups in total. The number of nitrogens with one attached hydrogen (secondary N) is 1. The monoisotopic (exact) mass is 196 g/mol. The number of hydrogen-bond donors (Lipinski definition) is 1. The van der Waals surface area contributed by atoms with Gasteiger partial charge in [0, 0.05) is 6.92 Å². The predicted molar refractivity (Wildman–Crippen MR) is 50.4 cm³/mol. The summed E-state index contributed by atoms with van der Waals surface area (Å²) < 4.78 is 25.9. The van der Waals surface area contributed by atoms with Crippen molar-refractivity contribution in [2.45, 2.75) is 19.8 Å².